The van der Waals surface area contributed by atoms with Crippen LogP contribution in [0.1, 0.15) is 0 Å². The number of hydrogen-bond donors (Lipinski definition) is 2. The largest absolute Gasteiger partial charge is 0.421 e. The molecule has 0 bridgehead atoms. The summed E-state index contributed by atoms with van der Waals surface area (Å²) in [4.78, 5) is 9.77. The van der Waals surface area contributed by atoms with E-state index in [0.29, 0.717) is 11.1 Å². The first-order valence-electron chi connectivity index (χ1n) is 4.81. The molecule has 90 valence electrons. The zero-order chi connectivity index (χ0) is 11.4. The Morgan fingerprint density at radius 2 is 1.35 bits per heavy atom. The minimum Gasteiger partial charge on any atom is -0.421 e. The molecule has 0 aliphatic carbocycles. The van der Waals surface area contributed by atoms with Gasteiger partial charge in [0.1, 0.15) is 5.75 Å². The van der Waals surface area contributed by atoms with Gasteiger partial charge in [-0.2, -0.15) is 0 Å². The molecule has 2 rings (SSSR count). The zero-order valence-electron chi connectivity index (χ0n) is 9.19. The van der Waals surface area contributed by atoms with Crippen LogP contribution in [-0.2, 0) is 4.57 Å². The van der Waals surface area contributed by atoms with Crippen molar-refractivity contribution in [3.8, 4) is 5.75 Å². The Labute approximate surface area is 100.0 Å². The van der Waals surface area contributed by atoms with Crippen molar-refractivity contribution in [2.45, 2.75) is 0 Å². The fourth-order valence-electron chi connectivity index (χ4n) is 1.29. The molecule has 0 spiro atoms. The molecule has 4 nitrogen and oxygen atoms in total. The van der Waals surface area contributed by atoms with Crippen LogP contribution in [0, 0.1) is 0 Å². The van der Waals surface area contributed by atoms with E-state index in [4.69, 9.17) is 4.52 Å². The Hall–Kier alpha value is -1.61. The Morgan fingerprint density at radius 1 is 0.882 bits per heavy atom. The second-order valence-electron chi connectivity index (χ2n) is 3.26. The van der Waals surface area contributed by atoms with Crippen molar-refractivity contribution < 1.29 is 14.0 Å². The molecule has 0 saturated carbocycles. The molecule has 0 aliphatic rings. The predicted molar refractivity (Wildman–Crippen MR) is 68.0 cm³/mol. The van der Waals surface area contributed by atoms with Crippen LogP contribution < -0.4 is 16.0 Å². The van der Waals surface area contributed by atoms with Crippen molar-refractivity contribution >= 4 is 12.9 Å². The third kappa shape index (κ3) is 3.43. The molecule has 0 heterocycles. The first-order valence-corrected chi connectivity index (χ1v) is 6.39. The van der Waals surface area contributed by atoms with Gasteiger partial charge in [0.2, 0.25) is 0 Å². The van der Waals surface area contributed by atoms with Gasteiger partial charge in [0.05, 0.1) is 5.30 Å². The maximum atomic E-state index is 11.9. The highest BCUT2D eigenvalue weighted by Gasteiger charge is 2.23. The van der Waals surface area contributed by atoms with Gasteiger partial charge in [-0.1, -0.05) is 36.4 Å². The number of rotatable bonds is 3. The van der Waals surface area contributed by atoms with Gasteiger partial charge in [0.15, 0.2) is 0 Å². The van der Waals surface area contributed by atoms with Crippen LogP contribution in [0.2, 0.25) is 0 Å². The lowest BCUT2D eigenvalue weighted by Gasteiger charge is -2.12. The highest BCUT2D eigenvalue weighted by molar-refractivity contribution is 7.61. The third-order valence-corrected chi connectivity index (χ3v) is 3.46. The molecule has 1 atom stereocenters. The second-order valence-corrected chi connectivity index (χ2v) is 5.00. The molecular formula is C12H14NO3P. The van der Waals surface area contributed by atoms with Crippen molar-refractivity contribution in [3.05, 3.63) is 60.7 Å². The van der Waals surface area contributed by atoms with Crippen LogP contribution in [-0.4, -0.2) is 4.89 Å². The van der Waals surface area contributed by atoms with Crippen LogP contribution in [0.4, 0.5) is 0 Å². The van der Waals surface area contributed by atoms with Gasteiger partial charge in [-0.3, -0.25) is 0 Å². The second kappa shape index (κ2) is 5.64. The predicted octanol–water partition coefficient (Wildman–Crippen LogP) is 2.74. The molecule has 1 unspecified atom stereocenters. The fourth-order valence-corrected chi connectivity index (χ4v) is 2.36. The Bertz CT molecular complexity index is 502. The van der Waals surface area contributed by atoms with Gasteiger partial charge in [-0.25, -0.2) is 4.57 Å². The van der Waals surface area contributed by atoms with Gasteiger partial charge in [-0.15, -0.1) is 0 Å². The molecular weight excluding hydrogens is 237 g/mol. The Morgan fingerprint density at radius 3 is 1.88 bits per heavy atom. The third-order valence-electron chi connectivity index (χ3n) is 2.05. The van der Waals surface area contributed by atoms with Gasteiger partial charge in [-0.05, 0) is 24.3 Å². The van der Waals surface area contributed by atoms with Gasteiger partial charge >= 0.3 is 7.60 Å². The van der Waals surface area contributed by atoms with Gasteiger partial charge < -0.3 is 15.6 Å². The quantitative estimate of drug-likeness (QED) is 0.822. The lowest BCUT2D eigenvalue weighted by molar-refractivity contribution is 0.393. The smallest absolute Gasteiger partial charge is 0.408 e. The summed E-state index contributed by atoms with van der Waals surface area (Å²) >= 11 is 0. The van der Waals surface area contributed by atoms with Crippen molar-refractivity contribution in [3.63, 3.8) is 0 Å². The molecule has 2 aromatic rings. The molecule has 0 aliphatic heterocycles. The Balaban J connectivity index is 0.00000144. The van der Waals surface area contributed by atoms with Crippen molar-refractivity contribution in [1.82, 2.24) is 6.15 Å². The van der Waals surface area contributed by atoms with E-state index >= 15 is 0 Å². The molecule has 0 amide bonds. The molecule has 0 aromatic heterocycles. The Kier molecular flexibility index (Phi) is 4.46. The number of para-hydroxylation sites is 1. The van der Waals surface area contributed by atoms with E-state index in [-0.39, 0.29) is 6.15 Å². The maximum absolute atomic E-state index is 11.9. The average molecular weight is 251 g/mol. The average Bonchev–Trinajstić information content (AvgIpc) is 2.31. The van der Waals surface area contributed by atoms with E-state index in [2.05, 4.69) is 0 Å². The summed E-state index contributed by atoms with van der Waals surface area (Å²) in [7, 11) is -3.77. The summed E-state index contributed by atoms with van der Waals surface area (Å²) in [6, 6.07) is 16.9. The molecule has 0 fully saturated rings. The van der Waals surface area contributed by atoms with Crippen LogP contribution in [0.15, 0.2) is 60.7 Å². The highest BCUT2D eigenvalue weighted by Crippen LogP contribution is 2.41. The SMILES string of the molecule is N.O=P(O)(Oc1ccccc1)c1ccccc1. The minimum atomic E-state index is -3.77. The number of benzene rings is 2. The zero-order valence-corrected chi connectivity index (χ0v) is 10.1. The van der Waals surface area contributed by atoms with Crippen molar-refractivity contribution in [2.75, 3.05) is 0 Å². The van der Waals surface area contributed by atoms with Crippen molar-refractivity contribution in [1.29, 1.82) is 0 Å². The fraction of sp³-hybridized carbons (Fsp3) is 0. The summed E-state index contributed by atoms with van der Waals surface area (Å²) in [5.74, 6) is 0.386. The standard InChI is InChI=1S/C12H11O3P.H3N/c13-16(14,12-9-5-2-6-10-12)15-11-7-3-1-4-8-11;/h1-10H,(H,13,14);1H3. The molecule has 0 saturated heterocycles. The molecule has 17 heavy (non-hydrogen) atoms. The van der Waals surface area contributed by atoms with Crippen LogP contribution in [0.5, 0.6) is 5.75 Å². The normalized spacial score (nSPS) is 13.2. The molecule has 5 heteroatoms. The summed E-state index contributed by atoms with van der Waals surface area (Å²) < 4.78 is 17.0. The highest BCUT2D eigenvalue weighted by atomic mass is 31.2. The van der Waals surface area contributed by atoms with E-state index in [1.165, 1.54) is 0 Å². The lowest BCUT2D eigenvalue weighted by Crippen LogP contribution is -2.08. The van der Waals surface area contributed by atoms with Gasteiger partial charge in [0, 0.05) is 0 Å². The van der Waals surface area contributed by atoms with E-state index in [0.717, 1.165) is 0 Å². The van der Waals surface area contributed by atoms with Crippen molar-refractivity contribution in [2.24, 2.45) is 0 Å². The summed E-state index contributed by atoms with van der Waals surface area (Å²) in [6.07, 6.45) is 0. The van der Waals surface area contributed by atoms with E-state index in [9.17, 15) is 9.46 Å². The van der Waals surface area contributed by atoms with E-state index in [1.807, 2.05) is 6.07 Å². The maximum Gasteiger partial charge on any atom is 0.408 e. The molecule has 0 radical (unpaired) electrons. The molecule has 2 aromatic carbocycles. The summed E-state index contributed by atoms with van der Waals surface area (Å²) in [5, 5.41) is 0.291. The summed E-state index contributed by atoms with van der Waals surface area (Å²) in [6.45, 7) is 0. The van der Waals surface area contributed by atoms with Crippen LogP contribution in [0.25, 0.3) is 0 Å². The topological polar surface area (TPSA) is 81.5 Å². The van der Waals surface area contributed by atoms with Crippen LogP contribution >= 0.6 is 7.60 Å². The first kappa shape index (κ1) is 13.5. The van der Waals surface area contributed by atoms with Gasteiger partial charge in [0.25, 0.3) is 0 Å². The van der Waals surface area contributed by atoms with E-state index < -0.39 is 7.60 Å². The minimum absolute atomic E-state index is 0. The summed E-state index contributed by atoms with van der Waals surface area (Å²) in [5.41, 5.74) is 0. The number of hydrogen-bond acceptors (Lipinski definition) is 3. The lowest BCUT2D eigenvalue weighted by atomic mass is 10.3. The monoisotopic (exact) mass is 251 g/mol. The van der Waals surface area contributed by atoms with E-state index in [1.54, 1.807) is 54.6 Å². The molecule has 4 N–H and O–H groups in total. The first-order chi connectivity index (χ1) is 7.68. The van der Waals surface area contributed by atoms with Crippen LogP contribution in [0.3, 0.4) is 0 Å².